The van der Waals surface area contributed by atoms with Crippen LogP contribution in [0.25, 0.3) is 0 Å². The van der Waals surface area contributed by atoms with Crippen LogP contribution in [0.5, 0.6) is 0 Å². The minimum atomic E-state index is -0.316. The number of rotatable bonds is 5. The van der Waals surface area contributed by atoms with Crippen molar-refractivity contribution in [2.45, 2.75) is 44.9 Å². The summed E-state index contributed by atoms with van der Waals surface area (Å²) in [5.74, 6) is -0.387. The molecule has 0 saturated heterocycles. The fraction of sp³-hybridized carbons (Fsp3) is 0.615. The molecular formula is C13H19N3O2S. The molecule has 104 valence electrons. The lowest BCUT2D eigenvalue weighted by molar-refractivity contribution is -0.123. The molecule has 2 amide bonds. The van der Waals surface area contributed by atoms with E-state index in [0.717, 1.165) is 25.7 Å². The van der Waals surface area contributed by atoms with Crippen LogP contribution < -0.4 is 11.1 Å². The second kappa shape index (κ2) is 6.14. The summed E-state index contributed by atoms with van der Waals surface area (Å²) in [6.07, 6.45) is 7.43. The molecule has 0 bridgehead atoms. The summed E-state index contributed by atoms with van der Waals surface area (Å²) in [7, 11) is 0. The first-order valence-corrected chi connectivity index (χ1v) is 7.45. The molecule has 1 aliphatic carbocycles. The van der Waals surface area contributed by atoms with Gasteiger partial charge in [-0.3, -0.25) is 9.59 Å². The zero-order valence-corrected chi connectivity index (χ0v) is 11.7. The number of nitrogens with one attached hydrogen (secondary N) is 1. The first-order valence-electron chi connectivity index (χ1n) is 6.57. The molecule has 0 atom stereocenters. The van der Waals surface area contributed by atoms with Crippen LogP contribution in [0, 0.1) is 5.41 Å². The van der Waals surface area contributed by atoms with Gasteiger partial charge in [-0.25, -0.2) is 4.98 Å². The van der Waals surface area contributed by atoms with E-state index in [9.17, 15) is 9.59 Å². The van der Waals surface area contributed by atoms with Gasteiger partial charge in [0, 0.05) is 24.4 Å². The van der Waals surface area contributed by atoms with Crippen LogP contribution in [0.2, 0.25) is 0 Å². The molecule has 1 saturated carbocycles. The Morgan fingerprint density at radius 3 is 2.63 bits per heavy atom. The number of thiazole rings is 1. The van der Waals surface area contributed by atoms with Crippen molar-refractivity contribution >= 4 is 28.3 Å². The predicted octanol–water partition coefficient (Wildman–Crippen LogP) is 2.30. The first-order chi connectivity index (χ1) is 9.10. The Kier molecular flexibility index (Phi) is 4.52. The van der Waals surface area contributed by atoms with Crippen molar-refractivity contribution in [2.24, 2.45) is 11.1 Å². The maximum atomic E-state index is 12.1. The van der Waals surface area contributed by atoms with Gasteiger partial charge in [0.2, 0.25) is 11.8 Å². The number of aromatic nitrogens is 1. The van der Waals surface area contributed by atoms with Crippen LogP contribution in [-0.2, 0) is 9.59 Å². The van der Waals surface area contributed by atoms with E-state index in [1.807, 2.05) is 5.38 Å². The van der Waals surface area contributed by atoms with Gasteiger partial charge in [-0.05, 0) is 18.3 Å². The van der Waals surface area contributed by atoms with Gasteiger partial charge >= 0.3 is 0 Å². The van der Waals surface area contributed by atoms with E-state index in [2.05, 4.69) is 10.3 Å². The number of anilines is 1. The van der Waals surface area contributed by atoms with E-state index in [1.54, 1.807) is 6.20 Å². The molecule has 1 aromatic heterocycles. The van der Waals surface area contributed by atoms with Gasteiger partial charge < -0.3 is 11.1 Å². The number of primary amides is 1. The quantitative estimate of drug-likeness (QED) is 0.868. The Labute approximate surface area is 116 Å². The van der Waals surface area contributed by atoms with Crippen LogP contribution >= 0.6 is 11.3 Å². The maximum Gasteiger partial charge on any atom is 0.226 e. The standard InChI is InChI=1S/C13H19N3O2S/c14-10(17)8-13(4-2-1-3-5-13)9-11(18)16-12-15-6-7-19-12/h6-7H,1-5,8-9H2,(H2,14,17)(H,15,16,18). The number of carbonyl (C=O) groups excluding carboxylic acids is 2. The Balaban J connectivity index is 1.98. The molecule has 0 unspecified atom stereocenters. The molecule has 6 heteroatoms. The fourth-order valence-electron chi connectivity index (χ4n) is 2.88. The summed E-state index contributed by atoms with van der Waals surface area (Å²) in [6.45, 7) is 0. The van der Waals surface area contributed by atoms with Crippen LogP contribution in [0.1, 0.15) is 44.9 Å². The number of nitrogens with two attached hydrogens (primary N) is 1. The van der Waals surface area contributed by atoms with Gasteiger partial charge in [0.25, 0.3) is 0 Å². The van der Waals surface area contributed by atoms with E-state index in [4.69, 9.17) is 5.73 Å². The second-order valence-corrected chi connectivity index (χ2v) is 6.16. The molecule has 0 radical (unpaired) electrons. The van der Waals surface area contributed by atoms with Crippen LogP contribution in [-0.4, -0.2) is 16.8 Å². The summed E-state index contributed by atoms with van der Waals surface area (Å²) >= 11 is 1.39. The molecule has 5 nitrogen and oxygen atoms in total. The van der Waals surface area contributed by atoms with Gasteiger partial charge in [-0.1, -0.05) is 19.3 Å². The smallest absolute Gasteiger partial charge is 0.226 e. The third-order valence-corrected chi connectivity index (χ3v) is 4.37. The maximum absolute atomic E-state index is 12.1. The molecule has 1 aliphatic rings. The second-order valence-electron chi connectivity index (χ2n) is 5.27. The number of hydrogen-bond acceptors (Lipinski definition) is 4. The zero-order chi connectivity index (χ0) is 13.7. The highest BCUT2D eigenvalue weighted by Gasteiger charge is 2.35. The molecule has 0 aliphatic heterocycles. The Hall–Kier alpha value is -1.43. The van der Waals surface area contributed by atoms with Crippen molar-refractivity contribution in [2.75, 3.05) is 5.32 Å². The van der Waals surface area contributed by atoms with Gasteiger partial charge in [-0.2, -0.15) is 0 Å². The summed E-state index contributed by atoms with van der Waals surface area (Å²) in [6, 6.07) is 0. The average molecular weight is 281 g/mol. The molecule has 2 rings (SSSR count). The summed E-state index contributed by atoms with van der Waals surface area (Å²) in [5, 5.41) is 5.20. The van der Waals surface area contributed by atoms with Crippen LogP contribution in [0.3, 0.4) is 0 Å². The molecule has 3 N–H and O–H groups in total. The zero-order valence-electron chi connectivity index (χ0n) is 10.9. The number of carbonyl (C=O) groups is 2. The number of nitrogens with zero attached hydrogens (tertiary/aromatic N) is 1. The molecule has 0 spiro atoms. The Morgan fingerprint density at radius 2 is 2.05 bits per heavy atom. The van der Waals surface area contributed by atoms with Crippen molar-refractivity contribution in [1.82, 2.24) is 4.98 Å². The summed E-state index contributed by atoms with van der Waals surface area (Å²) in [5.41, 5.74) is 5.09. The van der Waals surface area contributed by atoms with Crippen molar-refractivity contribution in [1.29, 1.82) is 0 Å². The SMILES string of the molecule is NC(=O)CC1(CC(=O)Nc2nccs2)CCCCC1. The van der Waals surface area contributed by atoms with Crippen LogP contribution in [0.4, 0.5) is 5.13 Å². The third kappa shape index (κ3) is 4.02. The van der Waals surface area contributed by atoms with E-state index < -0.39 is 0 Å². The van der Waals surface area contributed by atoms with Gasteiger partial charge in [0.05, 0.1) is 0 Å². The average Bonchev–Trinajstić information content (AvgIpc) is 2.81. The highest BCUT2D eigenvalue weighted by atomic mass is 32.1. The molecule has 0 aromatic carbocycles. The van der Waals surface area contributed by atoms with Crippen molar-refractivity contribution < 1.29 is 9.59 Å². The third-order valence-electron chi connectivity index (χ3n) is 3.68. The summed E-state index contributed by atoms with van der Waals surface area (Å²) < 4.78 is 0. The summed E-state index contributed by atoms with van der Waals surface area (Å²) in [4.78, 5) is 27.3. The highest BCUT2D eigenvalue weighted by Crippen LogP contribution is 2.42. The molecule has 1 aromatic rings. The lowest BCUT2D eigenvalue weighted by Gasteiger charge is -2.35. The van der Waals surface area contributed by atoms with E-state index >= 15 is 0 Å². The lowest BCUT2D eigenvalue weighted by Crippen LogP contribution is -2.34. The fourth-order valence-corrected chi connectivity index (χ4v) is 3.42. The Morgan fingerprint density at radius 1 is 1.32 bits per heavy atom. The van der Waals surface area contributed by atoms with Gasteiger partial charge in [-0.15, -0.1) is 11.3 Å². The van der Waals surface area contributed by atoms with E-state index in [0.29, 0.717) is 18.0 Å². The molecule has 1 fully saturated rings. The Bertz CT molecular complexity index is 439. The number of hydrogen-bond donors (Lipinski definition) is 2. The minimum Gasteiger partial charge on any atom is -0.370 e. The number of amides is 2. The van der Waals surface area contributed by atoms with E-state index in [-0.39, 0.29) is 17.2 Å². The topological polar surface area (TPSA) is 85.1 Å². The molecule has 1 heterocycles. The largest absolute Gasteiger partial charge is 0.370 e. The lowest BCUT2D eigenvalue weighted by atomic mass is 9.69. The van der Waals surface area contributed by atoms with E-state index in [1.165, 1.54) is 17.8 Å². The highest BCUT2D eigenvalue weighted by molar-refractivity contribution is 7.13. The normalized spacial score (nSPS) is 17.9. The molecular weight excluding hydrogens is 262 g/mol. The van der Waals surface area contributed by atoms with Crippen LogP contribution in [0.15, 0.2) is 11.6 Å². The van der Waals surface area contributed by atoms with Crippen molar-refractivity contribution in [3.63, 3.8) is 0 Å². The van der Waals surface area contributed by atoms with Crippen molar-refractivity contribution in [3.8, 4) is 0 Å². The van der Waals surface area contributed by atoms with Crippen molar-refractivity contribution in [3.05, 3.63) is 11.6 Å². The van der Waals surface area contributed by atoms with Gasteiger partial charge in [0.1, 0.15) is 0 Å². The van der Waals surface area contributed by atoms with Gasteiger partial charge in [0.15, 0.2) is 5.13 Å². The minimum absolute atomic E-state index is 0.0712. The molecule has 19 heavy (non-hydrogen) atoms. The predicted molar refractivity (Wildman–Crippen MR) is 74.7 cm³/mol. The first kappa shape index (κ1) is 14.0. The monoisotopic (exact) mass is 281 g/mol.